The van der Waals surface area contributed by atoms with Crippen molar-refractivity contribution in [2.45, 2.75) is 11.4 Å². The van der Waals surface area contributed by atoms with Gasteiger partial charge < -0.3 is 24.8 Å². The van der Waals surface area contributed by atoms with Crippen LogP contribution in [0.3, 0.4) is 0 Å². The van der Waals surface area contributed by atoms with E-state index in [9.17, 15) is 13.2 Å². The summed E-state index contributed by atoms with van der Waals surface area (Å²) in [5.41, 5.74) is 1.16. The highest BCUT2D eigenvalue weighted by molar-refractivity contribution is 7.89. The van der Waals surface area contributed by atoms with Crippen molar-refractivity contribution in [3.05, 3.63) is 42.0 Å². The lowest BCUT2D eigenvalue weighted by Crippen LogP contribution is -2.28. The maximum atomic E-state index is 12.1. The number of hydrogen-bond donors (Lipinski definition) is 3. The predicted molar refractivity (Wildman–Crippen MR) is 99.8 cm³/mol. The van der Waals surface area contributed by atoms with Crippen LogP contribution in [-0.4, -0.2) is 35.8 Å². The molecule has 0 aliphatic carbocycles. The van der Waals surface area contributed by atoms with Crippen LogP contribution in [-0.2, 0) is 16.6 Å². The first-order valence-electron chi connectivity index (χ1n) is 7.75. The molecule has 0 aliphatic rings. The average Bonchev–Trinajstić information content (AvgIpc) is 2.65. The van der Waals surface area contributed by atoms with E-state index in [4.69, 9.17) is 19.3 Å². The molecule has 2 amide bonds. The normalized spacial score (nSPS) is 10.8. The number of carbonyl (C=O) groups is 1. The van der Waals surface area contributed by atoms with Crippen molar-refractivity contribution in [3.8, 4) is 17.2 Å². The summed E-state index contributed by atoms with van der Waals surface area (Å²) in [5, 5.41) is 10.4. The second kappa shape index (κ2) is 8.60. The van der Waals surface area contributed by atoms with Crippen molar-refractivity contribution in [1.82, 2.24) is 5.32 Å². The van der Waals surface area contributed by atoms with Crippen molar-refractivity contribution >= 4 is 21.7 Å². The molecule has 0 saturated heterocycles. The maximum Gasteiger partial charge on any atom is 0.319 e. The first kappa shape index (κ1) is 20.3. The number of nitrogens with one attached hydrogen (secondary N) is 2. The number of benzene rings is 2. The van der Waals surface area contributed by atoms with Crippen molar-refractivity contribution in [1.29, 1.82) is 0 Å². The molecule has 2 aromatic rings. The summed E-state index contributed by atoms with van der Waals surface area (Å²) >= 11 is 0. The van der Waals surface area contributed by atoms with Crippen LogP contribution in [0.25, 0.3) is 0 Å². The predicted octanol–water partition coefficient (Wildman–Crippen LogP) is 1.68. The summed E-state index contributed by atoms with van der Waals surface area (Å²) in [6.07, 6.45) is 0. The van der Waals surface area contributed by atoms with E-state index >= 15 is 0 Å². The number of methoxy groups -OCH3 is 3. The van der Waals surface area contributed by atoms with E-state index in [1.807, 2.05) is 0 Å². The molecule has 0 aliphatic heterocycles. The molecular weight excluding hydrogens is 374 g/mol. The zero-order chi connectivity index (χ0) is 20.0. The number of amides is 2. The zero-order valence-corrected chi connectivity index (χ0v) is 15.9. The molecule has 2 rings (SSSR count). The van der Waals surface area contributed by atoms with Gasteiger partial charge in [-0.15, -0.1) is 0 Å². The number of anilines is 1. The van der Waals surface area contributed by atoms with Gasteiger partial charge in [-0.1, -0.05) is 12.1 Å². The number of carbonyl (C=O) groups excluding carboxylic acids is 1. The van der Waals surface area contributed by atoms with Gasteiger partial charge in [0.2, 0.25) is 15.8 Å². The molecule has 0 heterocycles. The third-order valence-corrected chi connectivity index (χ3v) is 4.56. The second-order valence-corrected chi connectivity index (χ2v) is 6.97. The van der Waals surface area contributed by atoms with E-state index in [0.717, 1.165) is 0 Å². The average molecular weight is 395 g/mol. The Balaban J connectivity index is 2.03. The van der Waals surface area contributed by atoms with Gasteiger partial charge in [0.1, 0.15) is 0 Å². The highest BCUT2D eigenvalue weighted by Crippen LogP contribution is 2.39. The summed E-state index contributed by atoms with van der Waals surface area (Å²) in [6, 6.07) is 8.63. The minimum Gasteiger partial charge on any atom is -0.493 e. The number of hydrogen-bond acceptors (Lipinski definition) is 6. The Labute approximate surface area is 157 Å². The monoisotopic (exact) mass is 395 g/mol. The number of sulfonamides is 1. The molecule has 2 aromatic carbocycles. The SMILES string of the molecule is COc1cc(NC(=O)NCc2ccc(S(N)(=O)=O)cc2)cc(OC)c1OC. The van der Waals surface area contributed by atoms with E-state index < -0.39 is 16.1 Å². The molecule has 4 N–H and O–H groups in total. The van der Waals surface area contributed by atoms with Gasteiger partial charge in [-0.3, -0.25) is 0 Å². The molecule has 146 valence electrons. The first-order chi connectivity index (χ1) is 12.8. The van der Waals surface area contributed by atoms with Gasteiger partial charge in [0.15, 0.2) is 11.5 Å². The van der Waals surface area contributed by atoms with Crippen LogP contribution in [0.15, 0.2) is 41.3 Å². The van der Waals surface area contributed by atoms with Gasteiger partial charge in [0, 0.05) is 18.7 Å². The van der Waals surface area contributed by atoms with Crippen LogP contribution in [0, 0.1) is 0 Å². The summed E-state index contributed by atoms with van der Waals surface area (Å²) in [5.74, 6) is 1.23. The molecule has 0 aromatic heterocycles. The summed E-state index contributed by atoms with van der Waals surface area (Å²) in [4.78, 5) is 12.1. The number of nitrogens with two attached hydrogens (primary N) is 1. The van der Waals surface area contributed by atoms with Crippen LogP contribution in [0.5, 0.6) is 17.2 Å². The van der Waals surface area contributed by atoms with Crippen LogP contribution in [0.2, 0.25) is 0 Å². The number of rotatable bonds is 7. The van der Waals surface area contributed by atoms with Gasteiger partial charge in [-0.25, -0.2) is 18.4 Å². The summed E-state index contributed by atoms with van der Waals surface area (Å²) in [6.45, 7) is 0.196. The van der Waals surface area contributed by atoms with Crippen LogP contribution < -0.4 is 30.0 Å². The lowest BCUT2D eigenvalue weighted by atomic mass is 10.2. The lowest BCUT2D eigenvalue weighted by Gasteiger charge is -2.15. The molecule has 0 radical (unpaired) electrons. The number of urea groups is 1. The molecule has 0 atom stereocenters. The van der Waals surface area contributed by atoms with Crippen molar-refractivity contribution in [2.75, 3.05) is 26.6 Å². The topological polar surface area (TPSA) is 129 Å². The van der Waals surface area contributed by atoms with Crippen molar-refractivity contribution in [2.24, 2.45) is 5.14 Å². The fourth-order valence-corrected chi connectivity index (χ4v) is 2.82. The van der Waals surface area contributed by atoms with Crippen LogP contribution >= 0.6 is 0 Å². The van der Waals surface area contributed by atoms with E-state index in [2.05, 4.69) is 10.6 Å². The van der Waals surface area contributed by atoms with Gasteiger partial charge in [-0.2, -0.15) is 0 Å². The molecule has 9 nitrogen and oxygen atoms in total. The summed E-state index contributed by atoms with van der Waals surface area (Å²) in [7, 11) is 0.700. The van der Waals surface area contributed by atoms with Crippen molar-refractivity contribution in [3.63, 3.8) is 0 Å². The third kappa shape index (κ3) is 5.25. The van der Waals surface area contributed by atoms with E-state index in [1.54, 1.807) is 24.3 Å². The standard InChI is InChI=1S/C17H21N3O6S/c1-24-14-8-12(9-15(25-2)16(14)26-3)20-17(21)19-10-11-4-6-13(7-5-11)27(18,22)23/h4-9H,10H2,1-3H3,(H2,18,22,23)(H2,19,20,21). The van der Waals surface area contributed by atoms with E-state index in [0.29, 0.717) is 28.5 Å². The number of ether oxygens (including phenoxy) is 3. The lowest BCUT2D eigenvalue weighted by molar-refractivity contribution is 0.251. The summed E-state index contributed by atoms with van der Waals surface area (Å²) < 4.78 is 38.2. The molecular formula is C17H21N3O6S. The van der Waals surface area contributed by atoms with Crippen molar-refractivity contribution < 1.29 is 27.4 Å². The van der Waals surface area contributed by atoms with E-state index in [1.165, 1.54) is 33.5 Å². The largest absolute Gasteiger partial charge is 0.493 e. The second-order valence-electron chi connectivity index (χ2n) is 5.41. The van der Waals surface area contributed by atoms with E-state index in [-0.39, 0.29) is 11.4 Å². The Kier molecular flexibility index (Phi) is 6.48. The molecule has 0 spiro atoms. The Morgan fingerprint density at radius 2 is 1.56 bits per heavy atom. The highest BCUT2D eigenvalue weighted by atomic mass is 32.2. The van der Waals surface area contributed by atoms with Crippen LogP contribution in [0.1, 0.15) is 5.56 Å². The first-order valence-corrected chi connectivity index (χ1v) is 9.29. The Hall–Kier alpha value is -2.98. The zero-order valence-electron chi connectivity index (χ0n) is 15.1. The third-order valence-electron chi connectivity index (χ3n) is 3.63. The molecule has 10 heteroatoms. The van der Waals surface area contributed by atoms with Gasteiger partial charge >= 0.3 is 6.03 Å². The molecule has 27 heavy (non-hydrogen) atoms. The molecule has 0 bridgehead atoms. The molecule has 0 unspecified atom stereocenters. The van der Waals surface area contributed by atoms with Gasteiger partial charge in [-0.05, 0) is 17.7 Å². The highest BCUT2D eigenvalue weighted by Gasteiger charge is 2.14. The van der Waals surface area contributed by atoms with Crippen LogP contribution in [0.4, 0.5) is 10.5 Å². The quantitative estimate of drug-likeness (QED) is 0.654. The fraction of sp³-hybridized carbons (Fsp3) is 0.235. The van der Waals surface area contributed by atoms with Gasteiger partial charge in [0.25, 0.3) is 0 Å². The molecule has 0 fully saturated rings. The minimum atomic E-state index is -3.74. The Morgan fingerprint density at radius 3 is 2.00 bits per heavy atom. The maximum absolute atomic E-state index is 12.1. The smallest absolute Gasteiger partial charge is 0.319 e. The minimum absolute atomic E-state index is 0.00752. The van der Waals surface area contributed by atoms with Gasteiger partial charge in [0.05, 0.1) is 31.9 Å². The Bertz CT molecular complexity index is 888. The number of primary sulfonamides is 1. The fourth-order valence-electron chi connectivity index (χ4n) is 2.31. The Morgan fingerprint density at radius 1 is 1.00 bits per heavy atom. The molecule has 0 saturated carbocycles.